The number of nitrogens with two attached hydrogens (primary N) is 1. The molecule has 0 amide bonds. The van der Waals surface area contributed by atoms with Crippen LogP contribution < -0.4 is 10.5 Å². The molecule has 1 fully saturated rings. The molecule has 3 heteroatoms. The molecule has 0 saturated heterocycles. The SMILES string of the molecule is COc1cc(CSC2CCCC2)ccc1CN. The van der Waals surface area contributed by atoms with Crippen molar-refractivity contribution in [3.05, 3.63) is 29.3 Å². The van der Waals surface area contributed by atoms with E-state index in [4.69, 9.17) is 10.5 Å². The van der Waals surface area contributed by atoms with Gasteiger partial charge in [-0.25, -0.2) is 0 Å². The summed E-state index contributed by atoms with van der Waals surface area (Å²) in [5.41, 5.74) is 8.09. The monoisotopic (exact) mass is 251 g/mol. The molecule has 0 unspecified atom stereocenters. The van der Waals surface area contributed by atoms with Crippen molar-refractivity contribution < 1.29 is 4.74 Å². The van der Waals surface area contributed by atoms with Crippen molar-refractivity contribution in [1.82, 2.24) is 0 Å². The van der Waals surface area contributed by atoms with Gasteiger partial charge >= 0.3 is 0 Å². The van der Waals surface area contributed by atoms with E-state index in [0.29, 0.717) is 6.54 Å². The Morgan fingerprint density at radius 2 is 2.12 bits per heavy atom. The second-order valence-corrected chi connectivity index (χ2v) is 5.86. The van der Waals surface area contributed by atoms with Gasteiger partial charge in [0, 0.05) is 23.1 Å². The van der Waals surface area contributed by atoms with Crippen LogP contribution in [0.3, 0.4) is 0 Å². The molecular weight excluding hydrogens is 230 g/mol. The Morgan fingerprint density at radius 3 is 2.76 bits per heavy atom. The number of methoxy groups -OCH3 is 1. The Kier molecular flexibility index (Phi) is 4.75. The Bertz CT molecular complexity index is 361. The number of thioether (sulfide) groups is 1. The van der Waals surface area contributed by atoms with E-state index < -0.39 is 0 Å². The maximum absolute atomic E-state index is 5.66. The van der Waals surface area contributed by atoms with Crippen molar-refractivity contribution in [3.63, 3.8) is 0 Å². The summed E-state index contributed by atoms with van der Waals surface area (Å²) in [6.45, 7) is 0.541. The van der Waals surface area contributed by atoms with E-state index in [-0.39, 0.29) is 0 Å². The van der Waals surface area contributed by atoms with Gasteiger partial charge in [-0.15, -0.1) is 0 Å². The van der Waals surface area contributed by atoms with E-state index in [9.17, 15) is 0 Å². The average molecular weight is 251 g/mol. The fraction of sp³-hybridized carbons (Fsp3) is 0.571. The van der Waals surface area contributed by atoms with Crippen LogP contribution in [0.15, 0.2) is 18.2 Å². The summed E-state index contributed by atoms with van der Waals surface area (Å²) in [4.78, 5) is 0. The summed E-state index contributed by atoms with van der Waals surface area (Å²) in [5.74, 6) is 2.02. The third-order valence-electron chi connectivity index (χ3n) is 3.36. The van der Waals surface area contributed by atoms with Crippen molar-refractivity contribution in [2.45, 2.75) is 43.2 Å². The molecule has 2 rings (SSSR count). The summed E-state index contributed by atoms with van der Waals surface area (Å²) in [6.07, 6.45) is 5.60. The van der Waals surface area contributed by atoms with Crippen LogP contribution >= 0.6 is 11.8 Å². The predicted octanol–water partition coefficient (Wildman–Crippen LogP) is 3.33. The van der Waals surface area contributed by atoms with Gasteiger partial charge in [0.1, 0.15) is 5.75 Å². The molecule has 0 spiro atoms. The van der Waals surface area contributed by atoms with E-state index in [1.54, 1.807) is 7.11 Å². The van der Waals surface area contributed by atoms with Crippen LogP contribution in [-0.4, -0.2) is 12.4 Å². The number of hydrogen-bond donors (Lipinski definition) is 1. The van der Waals surface area contributed by atoms with Crippen molar-refractivity contribution in [3.8, 4) is 5.75 Å². The molecule has 1 aliphatic carbocycles. The summed E-state index contributed by atoms with van der Waals surface area (Å²) in [7, 11) is 1.71. The lowest BCUT2D eigenvalue weighted by atomic mass is 10.1. The van der Waals surface area contributed by atoms with E-state index >= 15 is 0 Å². The van der Waals surface area contributed by atoms with Crippen LogP contribution in [0.5, 0.6) is 5.75 Å². The molecule has 1 aromatic carbocycles. The minimum atomic E-state index is 0.541. The lowest BCUT2D eigenvalue weighted by molar-refractivity contribution is 0.409. The Morgan fingerprint density at radius 1 is 1.35 bits per heavy atom. The van der Waals surface area contributed by atoms with Gasteiger partial charge < -0.3 is 10.5 Å². The third-order valence-corrected chi connectivity index (χ3v) is 4.80. The highest BCUT2D eigenvalue weighted by Gasteiger charge is 2.15. The maximum atomic E-state index is 5.66. The Hall–Kier alpha value is -0.670. The first-order valence-corrected chi connectivity index (χ1v) is 7.36. The first-order valence-electron chi connectivity index (χ1n) is 6.31. The second kappa shape index (κ2) is 6.31. The third kappa shape index (κ3) is 3.39. The number of benzene rings is 1. The zero-order chi connectivity index (χ0) is 12.1. The van der Waals surface area contributed by atoms with Gasteiger partial charge in [-0.05, 0) is 24.5 Å². The minimum absolute atomic E-state index is 0.541. The molecule has 1 saturated carbocycles. The van der Waals surface area contributed by atoms with Crippen LogP contribution in [-0.2, 0) is 12.3 Å². The van der Waals surface area contributed by atoms with Crippen molar-refractivity contribution in [1.29, 1.82) is 0 Å². The quantitative estimate of drug-likeness (QED) is 0.872. The number of ether oxygens (including phenoxy) is 1. The number of hydrogen-bond acceptors (Lipinski definition) is 3. The molecule has 94 valence electrons. The standard InChI is InChI=1S/C14H21NOS/c1-16-14-8-11(6-7-12(14)9-15)10-17-13-4-2-3-5-13/h6-8,13H,2-5,9-10,15H2,1H3. The van der Waals surface area contributed by atoms with E-state index in [2.05, 4.69) is 30.0 Å². The molecule has 0 atom stereocenters. The fourth-order valence-corrected chi connectivity index (χ4v) is 3.59. The van der Waals surface area contributed by atoms with Gasteiger partial charge in [0.05, 0.1) is 7.11 Å². The normalized spacial score (nSPS) is 16.4. The zero-order valence-electron chi connectivity index (χ0n) is 10.4. The van der Waals surface area contributed by atoms with E-state index in [0.717, 1.165) is 22.3 Å². The van der Waals surface area contributed by atoms with E-state index in [1.165, 1.54) is 31.2 Å². The topological polar surface area (TPSA) is 35.2 Å². The highest BCUT2D eigenvalue weighted by atomic mass is 32.2. The second-order valence-electron chi connectivity index (χ2n) is 4.57. The van der Waals surface area contributed by atoms with Crippen LogP contribution in [0.4, 0.5) is 0 Å². The molecule has 0 aliphatic heterocycles. The highest BCUT2D eigenvalue weighted by molar-refractivity contribution is 7.99. The molecule has 0 radical (unpaired) electrons. The molecular formula is C14H21NOS. The lowest BCUT2D eigenvalue weighted by Crippen LogP contribution is -2.01. The molecule has 2 N–H and O–H groups in total. The van der Waals surface area contributed by atoms with Gasteiger partial charge in [-0.2, -0.15) is 11.8 Å². The smallest absolute Gasteiger partial charge is 0.123 e. The largest absolute Gasteiger partial charge is 0.496 e. The van der Waals surface area contributed by atoms with Gasteiger partial charge in [0.25, 0.3) is 0 Å². The molecule has 1 aliphatic rings. The molecule has 1 aromatic rings. The average Bonchev–Trinajstić information content (AvgIpc) is 2.89. The summed E-state index contributed by atoms with van der Waals surface area (Å²) in [5, 5.41) is 0.871. The molecule has 0 bridgehead atoms. The number of rotatable bonds is 5. The highest BCUT2D eigenvalue weighted by Crippen LogP contribution is 2.32. The van der Waals surface area contributed by atoms with Crippen molar-refractivity contribution in [2.24, 2.45) is 5.73 Å². The lowest BCUT2D eigenvalue weighted by Gasteiger charge is -2.11. The molecule has 17 heavy (non-hydrogen) atoms. The summed E-state index contributed by atoms with van der Waals surface area (Å²) >= 11 is 2.08. The first-order chi connectivity index (χ1) is 8.33. The molecule has 2 nitrogen and oxygen atoms in total. The van der Waals surface area contributed by atoms with Crippen LogP contribution in [0.2, 0.25) is 0 Å². The van der Waals surface area contributed by atoms with E-state index in [1.807, 2.05) is 0 Å². The minimum Gasteiger partial charge on any atom is -0.496 e. The van der Waals surface area contributed by atoms with Gasteiger partial charge in [-0.3, -0.25) is 0 Å². The predicted molar refractivity (Wildman–Crippen MR) is 74.4 cm³/mol. The fourth-order valence-electron chi connectivity index (χ4n) is 2.32. The summed E-state index contributed by atoms with van der Waals surface area (Å²) in [6, 6.07) is 6.39. The first kappa shape index (κ1) is 12.8. The van der Waals surface area contributed by atoms with Gasteiger partial charge in [0.15, 0.2) is 0 Å². The maximum Gasteiger partial charge on any atom is 0.123 e. The molecule has 0 heterocycles. The van der Waals surface area contributed by atoms with Crippen LogP contribution in [0, 0.1) is 0 Å². The Balaban J connectivity index is 1.95. The van der Waals surface area contributed by atoms with Gasteiger partial charge in [-0.1, -0.05) is 25.0 Å². The molecule has 0 aromatic heterocycles. The zero-order valence-corrected chi connectivity index (χ0v) is 11.3. The Labute approximate surface area is 108 Å². The van der Waals surface area contributed by atoms with Crippen molar-refractivity contribution in [2.75, 3.05) is 7.11 Å². The van der Waals surface area contributed by atoms with Crippen LogP contribution in [0.1, 0.15) is 36.8 Å². The van der Waals surface area contributed by atoms with Crippen molar-refractivity contribution >= 4 is 11.8 Å². The van der Waals surface area contributed by atoms with Crippen LogP contribution in [0.25, 0.3) is 0 Å². The summed E-state index contributed by atoms with van der Waals surface area (Å²) < 4.78 is 5.36. The van der Waals surface area contributed by atoms with Gasteiger partial charge in [0.2, 0.25) is 0 Å².